The summed E-state index contributed by atoms with van der Waals surface area (Å²) in [6, 6.07) is 13.0. The number of hydrogen-bond acceptors (Lipinski definition) is 4. The number of nitrogens with zero attached hydrogens (tertiary/aromatic N) is 1. The number of amides is 2. The Kier molecular flexibility index (Phi) is 6.02. The van der Waals surface area contributed by atoms with E-state index >= 15 is 0 Å². The molecule has 2 N–H and O–H groups in total. The number of nitro groups is 1. The Morgan fingerprint density at radius 2 is 1.71 bits per heavy atom. The van der Waals surface area contributed by atoms with Crippen molar-refractivity contribution in [3.8, 4) is 0 Å². The third-order valence-electron chi connectivity index (χ3n) is 3.11. The van der Waals surface area contributed by atoms with Gasteiger partial charge in [-0.15, -0.1) is 0 Å². The van der Waals surface area contributed by atoms with Crippen molar-refractivity contribution in [3.05, 3.63) is 68.7 Å². The molecule has 0 aliphatic heterocycles. The average molecular weight is 392 g/mol. The van der Waals surface area contributed by atoms with E-state index in [4.69, 9.17) is 0 Å². The number of anilines is 1. The molecule has 0 aromatic heterocycles. The highest BCUT2D eigenvalue weighted by Gasteiger charge is 2.15. The van der Waals surface area contributed by atoms with E-state index in [1.807, 2.05) is 0 Å². The van der Waals surface area contributed by atoms with Gasteiger partial charge in [0.2, 0.25) is 11.8 Å². The molecular formula is C16H14BrN3O4. The van der Waals surface area contributed by atoms with Crippen LogP contribution in [0.15, 0.2) is 53.0 Å². The Bertz CT molecular complexity index is 762. The standard InChI is InChI=1S/C16H14BrN3O4/c17-12-5-7-13(8-6-12)19-16(22)10-18-15(21)9-11-3-1-2-4-14(11)20(23)24/h1-8H,9-10H2,(H,18,21)(H,19,22). The number of rotatable bonds is 6. The predicted octanol–water partition coefficient (Wildman–Crippen LogP) is 2.65. The van der Waals surface area contributed by atoms with Crippen LogP contribution in [0.3, 0.4) is 0 Å². The fraction of sp³-hybridized carbons (Fsp3) is 0.125. The fourth-order valence-electron chi connectivity index (χ4n) is 1.99. The number of nitro benzene ring substituents is 1. The molecule has 0 fully saturated rings. The Morgan fingerprint density at radius 3 is 2.38 bits per heavy atom. The normalized spacial score (nSPS) is 10.0. The van der Waals surface area contributed by atoms with Crippen molar-refractivity contribution < 1.29 is 14.5 Å². The zero-order valence-corrected chi connectivity index (χ0v) is 14.1. The first-order chi connectivity index (χ1) is 11.5. The summed E-state index contributed by atoms with van der Waals surface area (Å²) in [5.74, 6) is -0.844. The van der Waals surface area contributed by atoms with Crippen LogP contribution in [0, 0.1) is 10.1 Å². The second kappa shape index (κ2) is 8.21. The number of nitrogens with one attached hydrogen (secondary N) is 2. The Balaban J connectivity index is 1.86. The summed E-state index contributed by atoms with van der Waals surface area (Å²) in [6.07, 6.45) is -0.164. The maximum atomic E-state index is 11.9. The van der Waals surface area contributed by atoms with Crippen molar-refractivity contribution in [2.75, 3.05) is 11.9 Å². The Labute approximate surface area is 146 Å². The van der Waals surface area contributed by atoms with Crippen LogP contribution in [0.25, 0.3) is 0 Å². The van der Waals surface area contributed by atoms with Gasteiger partial charge in [-0.2, -0.15) is 0 Å². The molecule has 8 heteroatoms. The summed E-state index contributed by atoms with van der Waals surface area (Å²) < 4.78 is 0.887. The average Bonchev–Trinajstić information content (AvgIpc) is 2.55. The highest BCUT2D eigenvalue weighted by atomic mass is 79.9. The predicted molar refractivity (Wildman–Crippen MR) is 92.6 cm³/mol. The van der Waals surface area contributed by atoms with E-state index < -0.39 is 10.8 Å². The first kappa shape index (κ1) is 17.6. The van der Waals surface area contributed by atoms with Gasteiger partial charge >= 0.3 is 0 Å². The number of carbonyl (C=O) groups is 2. The molecule has 0 unspecified atom stereocenters. The largest absolute Gasteiger partial charge is 0.347 e. The van der Waals surface area contributed by atoms with E-state index in [-0.39, 0.29) is 24.6 Å². The van der Waals surface area contributed by atoms with Crippen molar-refractivity contribution >= 4 is 39.1 Å². The highest BCUT2D eigenvalue weighted by molar-refractivity contribution is 9.10. The quantitative estimate of drug-likeness (QED) is 0.583. The van der Waals surface area contributed by atoms with Crippen LogP contribution in [0.1, 0.15) is 5.56 Å². The zero-order chi connectivity index (χ0) is 17.5. The molecule has 0 atom stereocenters. The van der Waals surface area contributed by atoms with Crippen LogP contribution >= 0.6 is 15.9 Å². The molecule has 0 bridgehead atoms. The van der Waals surface area contributed by atoms with Crippen LogP contribution in [0.2, 0.25) is 0 Å². The second-order valence-corrected chi connectivity index (χ2v) is 5.81. The lowest BCUT2D eigenvalue weighted by Gasteiger charge is -2.07. The number of benzene rings is 2. The number of carbonyl (C=O) groups excluding carboxylic acids is 2. The summed E-state index contributed by atoms with van der Waals surface area (Å²) in [6.45, 7) is -0.213. The molecule has 24 heavy (non-hydrogen) atoms. The second-order valence-electron chi connectivity index (χ2n) is 4.89. The van der Waals surface area contributed by atoms with Gasteiger partial charge in [0, 0.05) is 21.8 Å². The first-order valence-corrected chi connectivity index (χ1v) is 7.79. The van der Waals surface area contributed by atoms with Gasteiger partial charge in [0.15, 0.2) is 0 Å². The molecule has 7 nitrogen and oxygen atoms in total. The molecular weight excluding hydrogens is 378 g/mol. The van der Waals surface area contributed by atoms with Gasteiger partial charge in [-0.3, -0.25) is 19.7 Å². The van der Waals surface area contributed by atoms with Crippen LogP contribution in [-0.2, 0) is 16.0 Å². The van der Waals surface area contributed by atoms with Crippen LogP contribution < -0.4 is 10.6 Å². The molecule has 0 saturated carbocycles. The third-order valence-corrected chi connectivity index (χ3v) is 3.64. The van der Waals surface area contributed by atoms with E-state index in [0.29, 0.717) is 11.3 Å². The summed E-state index contributed by atoms with van der Waals surface area (Å²) in [4.78, 5) is 34.0. The van der Waals surface area contributed by atoms with Crippen molar-refractivity contribution in [1.82, 2.24) is 5.32 Å². The lowest BCUT2D eigenvalue weighted by molar-refractivity contribution is -0.385. The first-order valence-electron chi connectivity index (χ1n) is 7.00. The molecule has 0 aliphatic rings. The van der Waals surface area contributed by atoms with E-state index in [2.05, 4.69) is 26.6 Å². The lowest BCUT2D eigenvalue weighted by atomic mass is 10.1. The molecule has 0 aliphatic carbocycles. The van der Waals surface area contributed by atoms with Gasteiger partial charge in [-0.1, -0.05) is 34.1 Å². The summed E-state index contributed by atoms with van der Waals surface area (Å²) in [5.41, 5.74) is 0.788. The third kappa shape index (κ3) is 5.17. The van der Waals surface area contributed by atoms with Crippen molar-refractivity contribution in [1.29, 1.82) is 0 Å². The molecule has 0 heterocycles. The van der Waals surface area contributed by atoms with Crippen LogP contribution in [-0.4, -0.2) is 23.3 Å². The molecule has 0 radical (unpaired) electrons. The van der Waals surface area contributed by atoms with Gasteiger partial charge in [-0.05, 0) is 24.3 Å². The van der Waals surface area contributed by atoms with Crippen molar-refractivity contribution in [3.63, 3.8) is 0 Å². The van der Waals surface area contributed by atoms with E-state index in [1.165, 1.54) is 18.2 Å². The molecule has 0 saturated heterocycles. The minimum Gasteiger partial charge on any atom is -0.347 e. The van der Waals surface area contributed by atoms with Crippen molar-refractivity contribution in [2.24, 2.45) is 0 Å². The van der Waals surface area contributed by atoms with Crippen LogP contribution in [0.5, 0.6) is 0 Å². The summed E-state index contributed by atoms with van der Waals surface area (Å²) in [5, 5.41) is 16.0. The highest BCUT2D eigenvalue weighted by Crippen LogP contribution is 2.18. The van der Waals surface area contributed by atoms with Crippen molar-refractivity contribution in [2.45, 2.75) is 6.42 Å². The Morgan fingerprint density at radius 1 is 1.04 bits per heavy atom. The van der Waals surface area contributed by atoms with Gasteiger partial charge in [-0.25, -0.2) is 0 Å². The van der Waals surface area contributed by atoms with E-state index in [0.717, 1.165) is 4.47 Å². The van der Waals surface area contributed by atoms with E-state index in [9.17, 15) is 19.7 Å². The Hall–Kier alpha value is -2.74. The number of para-hydroxylation sites is 1. The van der Waals surface area contributed by atoms with Gasteiger partial charge in [0.05, 0.1) is 17.9 Å². The summed E-state index contributed by atoms with van der Waals surface area (Å²) >= 11 is 3.29. The van der Waals surface area contributed by atoms with Gasteiger partial charge in [0.25, 0.3) is 5.69 Å². The fourth-order valence-corrected chi connectivity index (χ4v) is 2.26. The number of hydrogen-bond donors (Lipinski definition) is 2. The maximum Gasteiger partial charge on any atom is 0.273 e. The minimum atomic E-state index is -0.539. The SMILES string of the molecule is O=C(Cc1ccccc1[N+](=O)[O-])NCC(=O)Nc1ccc(Br)cc1. The minimum absolute atomic E-state index is 0.119. The molecule has 2 aromatic rings. The smallest absolute Gasteiger partial charge is 0.273 e. The van der Waals surface area contributed by atoms with Crippen LogP contribution in [0.4, 0.5) is 11.4 Å². The molecule has 2 aromatic carbocycles. The topological polar surface area (TPSA) is 101 Å². The number of halogens is 1. The van der Waals surface area contributed by atoms with E-state index in [1.54, 1.807) is 30.3 Å². The molecule has 2 rings (SSSR count). The summed E-state index contributed by atoms with van der Waals surface area (Å²) in [7, 11) is 0. The zero-order valence-electron chi connectivity index (χ0n) is 12.5. The molecule has 124 valence electrons. The maximum absolute atomic E-state index is 11.9. The van der Waals surface area contributed by atoms with Gasteiger partial charge < -0.3 is 10.6 Å². The monoisotopic (exact) mass is 391 g/mol. The molecule has 2 amide bonds. The van der Waals surface area contributed by atoms with Gasteiger partial charge in [0.1, 0.15) is 0 Å². The molecule has 0 spiro atoms. The lowest BCUT2D eigenvalue weighted by Crippen LogP contribution is -2.33.